The van der Waals surface area contributed by atoms with Gasteiger partial charge in [-0.2, -0.15) is 0 Å². The molecule has 0 amide bonds. The van der Waals surface area contributed by atoms with Crippen LogP contribution in [0.3, 0.4) is 0 Å². The van der Waals surface area contributed by atoms with Crippen molar-refractivity contribution in [3.05, 3.63) is 12.7 Å². The van der Waals surface area contributed by atoms with Gasteiger partial charge in [0.05, 0.1) is 25.1 Å². The van der Waals surface area contributed by atoms with Crippen LogP contribution in [0.5, 0.6) is 0 Å². The van der Waals surface area contributed by atoms with Gasteiger partial charge in [-0.1, -0.05) is 0 Å². The van der Waals surface area contributed by atoms with E-state index in [4.69, 9.17) is 15.5 Å². The summed E-state index contributed by atoms with van der Waals surface area (Å²) < 4.78 is 12.2. The Labute approximate surface area is 101 Å². The summed E-state index contributed by atoms with van der Waals surface area (Å²) >= 11 is 0. The van der Waals surface area contributed by atoms with Crippen LogP contribution in [0.2, 0.25) is 0 Å². The molecule has 2 aromatic heterocycles. The molecule has 0 spiro atoms. The molecule has 0 saturated heterocycles. The number of hydrogen-bond donors (Lipinski definition) is 4. The van der Waals surface area contributed by atoms with E-state index >= 15 is 0 Å². The second-order valence-electron chi connectivity index (χ2n) is 3.83. The molecule has 10 heteroatoms. The molecule has 98 valence electrons. The van der Waals surface area contributed by atoms with E-state index in [1.807, 2.05) is 0 Å². The second kappa shape index (κ2) is 4.62. The summed E-state index contributed by atoms with van der Waals surface area (Å²) in [5, 5.41) is 9.57. The van der Waals surface area contributed by atoms with E-state index in [9.17, 15) is 9.67 Å². The maximum absolute atomic E-state index is 10.8. The summed E-state index contributed by atoms with van der Waals surface area (Å²) in [7, 11) is -4.25. The van der Waals surface area contributed by atoms with Gasteiger partial charge in [0.15, 0.2) is 11.5 Å². The van der Waals surface area contributed by atoms with Gasteiger partial charge in [0.25, 0.3) is 0 Å². The average molecular weight is 273 g/mol. The fourth-order valence-corrected chi connectivity index (χ4v) is 2.26. The zero-order valence-corrected chi connectivity index (χ0v) is 10.1. The van der Waals surface area contributed by atoms with Crippen LogP contribution in [0.25, 0.3) is 11.2 Å². The van der Waals surface area contributed by atoms with Crippen molar-refractivity contribution in [2.75, 3.05) is 11.9 Å². The van der Waals surface area contributed by atoms with Crippen molar-refractivity contribution in [1.82, 2.24) is 19.5 Å². The lowest BCUT2D eigenvalue weighted by molar-refractivity contribution is 0.169. The number of aromatic nitrogens is 4. The Kier molecular flexibility index (Phi) is 3.31. The molecular formula is C8H12N5O4P. The zero-order chi connectivity index (χ0) is 13.3. The van der Waals surface area contributed by atoms with Gasteiger partial charge < -0.3 is 25.2 Å². The number of rotatable bonds is 4. The van der Waals surface area contributed by atoms with E-state index < -0.39 is 19.9 Å². The highest BCUT2D eigenvalue weighted by Gasteiger charge is 2.21. The summed E-state index contributed by atoms with van der Waals surface area (Å²) in [6, 6.07) is 0. The lowest BCUT2D eigenvalue weighted by atomic mass is 10.4. The number of anilines is 1. The lowest BCUT2D eigenvalue weighted by Gasteiger charge is -2.12. The van der Waals surface area contributed by atoms with Crippen molar-refractivity contribution in [3.8, 4) is 0 Å². The highest BCUT2D eigenvalue weighted by Crippen LogP contribution is 2.35. The van der Waals surface area contributed by atoms with Crippen molar-refractivity contribution >= 4 is 24.6 Å². The predicted octanol–water partition coefficient (Wildman–Crippen LogP) is -1.05. The quantitative estimate of drug-likeness (QED) is 0.515. The van der Waals surface area contributed by atoms with Gasteiger partial charge in [0.1, 0.15) is 11.8 Å². The summed E-state index contributed by atoms with van der Waals surface area (Å²) in [4.78, 5) is 29.2. The van der Waals surface area contributed by atoms with E-state index in [0.717, 1.165) is 0 Å². The maximum Gasteiger partial charge on any atom is 0.328 e. The van der Waals surface area contributed by atoms with Crippen LogP contribution >= 0.6 is 7.60 Å². The molecule has 0 aliphatic carbocycles. The monoisotopic (exact) mass is 273 g/mol. The first-order chi connectivity index (χ1) is 8.37. The van der Waals surface area contributed by atoms with Crippen LogP contribution in [0.1, 0.15) is 0 Å². The lowest BCUT2D eigenvalue weighted by Crippen LogP contribution is -2.20. The number of hydrogen-bond acceptors (Lipinski definition) is 6. The van der Waals surface area contributed by atoms with Gasteiger partial charge in [-0.15, -0.1) is 0 Å². The SMILES string of the molecule is Nc1ncnc2c1ncn2CC(O)CP(=O)(O)O. The minimum absolute atomic E-state index is 0.0297. The first-order valence-electron chi connectivity index (χ1n) is 5.01. The molecular weight excluding hydrogens is 261 g/mol. The van der Waals surface area contributed by atoms with Gasteiger partial charge in [0, 0.05) is 0 Å². The van der Waals surface area contributed by atoms with Gasteiger partial charge >= 0.3 is 7.60 Å². The molecule has 5 N–H and O–H groups in total. The highest BCUT2D eigenvalue weighted by molar-refractivity contribution is 7.51. The third-order valence-electron chi connectivity index (χ3n) is 2.29. The number of aliphatic hydroxyl groups excluding tert-OH is 1. The van der Waals surface area contributed by atoms with Gasteiger partial charge in [-0.05, 0) is 0 Å². The van der Waals surface area contributed by atoms with Crippen LogP contribution in [0.15, 0.2) is 12.7 Å². The molecule has 2 heterocycles. The molecule has 0 aliphatic heterocycles. The number of imidazole rings is 1. The molecule has 2 rings (SSSR count). The van der Waals surface area contributed by atoms with Crippen LogP contribution in [0.4, 0.5) is 5.82 Å². The molecule has 1 atom stereocenters. The van der Waals surface area contributed by atoms with Crippen LogP contribution < -0.4 is 5.73 Å². The minimum Gasteiger partial charge on any atom is -0.391 e. The van der Waals surface area contributed by atoms with Crippen molar-refractivity contribution in [3.63, 3.8) is 0 Å². The zero-order valence-electron chi connectivity index (χ0n) is 9.21. The summed E-state index contributed by atoms with van der Waals surface area (Å²) in [6.07, 6.45) is 0.830. The molecule has 0 bridgehead atoms. The third kappa shape index (κ3) is 2.82. The van der Waals surface area contributed by atoms with Crippen LogP contribution in [-0.2, 0) is 11.1 Å². The molecule has 9 nitrogen and oxygen atoms in total. The number of fused-ring (bicyclic) bond motifs is 1. The fourth-order valence-electron chi connectivity index (χ4n) is 1.59. The maximum atomic E-state index is 10.8. The summed E-state index contributed by atoms with van der Waals surface area (Å²) in [5.74, 6) is 0.211. The smallest absolute Gasteiger partial charge is 0.328 e. The van der Waals surface area contributed by atoms with E-state index in [1.54, 1.807) is 0 Å². The fraction of sp³-hybridized carbons (Fsp3) is 0.375. The Bertz CT molecular complexity index is 609. The highest BCUT2D eigenvalue weighted by atomic mass is 31.2. The molecule has 2 aromatic rings. The van der Waals surface area contributed by atoms with Crippen molar-refractivity contribution in [1.29, 1.82) is 0 Å². The molecule has 0 radical (unpaired) electrons. The largest absolute Gasteiger partial charge is 0.391 e. The summed E-state index contributed by atoms with van der Waals surface area (Å²) in [6.45, 7) is -0.0297. The minimum atomic E-state index is -4.25. The van der Waals surface area contributed by atoms with Gasteiger partial charge in [0.2, 0.25) is 0 Å². The molecule has 0 aromatic carbocycles. The molecule has 0 fully saturated rings. The van der Waals surface area contributed by atoms with E-state index in [1.165, 1.54) is 17.2 Å². The van der Waals surface area contributed by atoms with E-state index in [0.29, 0.717) is 11.2 Å². The van der Waals surface area contributed by atoms with E-state index in [-0.39, 0.29) is 12.4 Å². The van der Waals surface area contributed by atoms with Crippen molar-refractivity contribution in [2.45, 2.75) is 12.6 Å². The molecule has 18 heavy (non-hydrogen) atoms. The first-order valence-corrected chi connectivity index (χ1v) is 6.80. The summed E-state index contributed by atoms with van der Waals surface area (Å²) in [5.41, 5.74) is 6.39. The Morgan fingerprint density at radius 2 is 2.11 bits per heavy atom. The van der Waals surface area contributed by atoms with Crippen LogP contribution in [-0.4, -0.2) is 46.7 Å². The van der Waals surface area contributed by atoms with Crippen LogP contribution in [0, 0.1) is 0 Å². The first kappa shape index (κ1) is 12.9. The third-order valence-corrected chi connectivity index (χ3v) is 3.18. The van der Waals surface area contributed by atoms with Crippen molar-refractivity contribution < 1.29 is 19.5 Å². The average Bonchev–Trinajstić information content (AvgIpc) is 2.60. The second-order valence-corrected chi connectivity index (χ2v) is 5.52. The molecule has 0 saturated carbocycles. The Balaban J connectivity index is 2.22. The van der Waals surface area contributed by atoms with Gasteiger partial charge in [-0.3, -0.25) is 4.57 Å². The number of aliphatic hydroxyl groups is 1. The standard InChI is InChI=1S/C8H12N5O4P/c9-7-6-8(11-3-10-7)13(4-12-6)1-5(14)2-18(15,16)17/h3-5,14H,1-2H2,(H2,9,10,11)(H2,15,16,17). The normalized spacial score (nSPS) is 13.9. The number of nitrogens with two attached hydrogens (primary N) is 1. The Hall–Kier alpha value is -1.54. The predicted molar refractivity (Wildman–Crippen MR) is 62.7 cm³/mol. The Morgan fingerprint density at radius 1 is 1.39 bits per heavy atom. The molecule has 1 unspecified atom stereocenters. The number of nitrogens with zero attached hydrogens (tertiary/aromatic N) is 4. The number of nitrogen functional groups attached to an aromatic ring is 1. The van der Waals surface area contributed by atoms with Crippen molar-refractivity contribution in [2.24, 2.45) is 0 Å². The van der Waals surface area contributed by atoms with E-state index in [2.05, 4.69) is 15.0 Å². The van der Waals surface area contributed by atoms with Gasteiger partial charge in [-0.25, -0.2) is 15.0 Å². The topological polar surface area (TPSA) is 147 Å². The molecule has 0 aliphatic rings. The Morgan fingerprint density at radius 3 is 2.78 bits per heavy atom.